The van der Waals surface area contributed by atoms with Crippen LogP contribution in [0.5, 0.6) is 0 Å². The molecule has 3 aromatic heterocycles. The molecule has 0 aliphatic rings. The van der Waals surface area contributed by atoms with Crippen LogP contribution in [0.4, 0.5) is 0 Å². The van der Waals surface area contributed by atoms with Crippen molar-refractivity contribution < 1.29 is 4.79 Å². The second-order valence-corrected chi connectivity index (χ2v) is 5.21. The lowest BCUT2D eigenvalue weighted by Crippen LogP contribution is -2.24. The second-order valence-electron chi connectivity index (χ2n) is 4.78. The van der Waals surface area contributed by atoms with E-state index in [-0.39, 0.29) is 12.3 Å². The predicted molar refractivity (Wildman–Crippen MR) is 84.5 cm³/mol. The van der Waals surface area contributed by atoms with Gasteiger partial charge in [-0.15, -0.1) is 0 Å². The lowest BCUT2D eigenvalue weighted by Gasteiger charge is -2.04. The summed E-state index contributed by atoms with van der Waals surface area (Å²) in [5.41, 5.74) is 2.88. The maximum atomic E-state index is 11.7. The monoisotopic (exact) mass is 315 g/mol. The van der Waals surface area contributed by atoms with Crippen LogP contribution in [0.3, 0.4) is 0 Å². The molecular weight excluding hydrogens is 302 g/mol. The summed E-state index contributed by atoms with van der Waals surface area (Å²) in [4.78, 5) is 27.6. The fourth-order valence-electron chi connectivity index (χ4n) is 2.24. The molecule has 22 heavy (non-hydrogen) atoms. The van der Waals surface area contributed by atoms with Gasteiger partial charge in [-0.3, -0.25) is 9.78 Å². The number of hydrogen-bond donors (Lipinski definition) is 2. The van der Waals surface area contributed by atoms with E-state index in [2.05, 4.69) is 25.3 Å². The summed E-state index contributed by atoms with van der Waals surface area (Å²) in [5, 5.41) is 4.17. The first kappa shape index (κ1) is 14.5. The SMILES string of the molecule is CCNC(=O)Cc1cncc(-c2c[nH]c3ncc(Cl)cc23)n1. The van der Waals surface area contributed by atoms with Crippen molar-refractivity contribution in [1.29, 1.82) is 0 Å². The van der Waals surface area contributed by atoms with E-state index in [1.54, 1.807) is 18.6 Å². The Labute approximate surface area is 132 Å². The van der Waals surface area contributed by atoms with Crippen molar-refractivity contribution in [3.63, 3.8) is 0 Å². The van der Waals surface area contributed by atoms with Crippen molar-refractivity contribution in [3.8, 4) is 11.3 Å². The highest BCUT2D eigenvalue weighted by molar-refractivity contribution is 6.31. The molecule has 0 radical (unpaired) electrons. The Morgan fingerprint density at radius 1 is 1.36 bits per heavy atom. The van der Waals surface area contributed by atoms with Crippen LogP contribution in [0.2, 0.25) is 5.02 Å². The summed E-state index contributed by atoms with van der Waals surface area (Å²) >= 11 is 6.00. The first-order valence-corrected chi connectivity index (χ1v) is 7.25. The number of carbonyl (C=O) groups is 1. The molecule has 3 rings (SSSR count). The number of aromatic amines is 1. The van der Waals surface area contributed by atoms with Crippen molar-refractivity contribution in [2.24, 2.45) is 0 Å². The zero-order valence-corrected chi connectivity index (χ0v) is 12.7. The van der Waals surface area contributed by atoms with Crippen LogP contribution < -0.4 is 5.32 Å². The van der Waals surface area contributed by atoms with Crippen LogP contribution in [-0.4, -0.2) is 32.4 Å². The minimum absolute atomic E-state index is 0.0717. The van der Waals surface area contributed by atoms with Crippen LogP contribution >= 0.6 is 11.6 Å². The number of likely N-dealkylation sites (N-methyl/N-ethyl adjacent to an activating group) is 1. The van der Waals surface area contributed by atoms with E-state index in [9.17, 15) is 4.79 Å². The van der Waals surface area contributed by atoms with Gasteiger partial charge >= 0.3 is 0 Å². The van der Waals surface area contributed by atoms with Crippen molar-refractivity contribution >= 4 is 28.5 Å². The van der Waals surface area contributed by atoms with Crippen molar-refractivity contribution in [3.05, 3.63) is 41.6 Å². The van der Waals surface area contributed by atoms with E-state index >= 15 is 0 Å². The topological polar surface area (TPSA) is 83.6 Å². The van der Waals surface area contributed by atoms with Gasteiger partial charge in [-0.1, -0.05) is 11.6 Å². The lowest BCUT2D eigenvalue weighted by atomic mass is 10.1. The minimum Gasteiger partial charge on any atom is -0.356 e. The highest BCUT2D eigenvalue weighted by atomic mass is 35.5. The predicted octanol–water partition coefficient (Wildman–Crippen LogP) is 2.35. The molecule has 0 bridgehead atoms. The number of H-pyrrole nitrogens is 1. The third-order valence-electron chi connectivity index (χ3n) is 3.17. The van der Waals surface area contributed by atoms with Crippen LogP contribution in [-0.2, 0) is 11.2 Å². The number of amides is 1. The van der Waals surface area contributed by atoms with Crippen LogP contribution in [0.1, 0.15) is 12.6 Å². The number of aromatic nitrogens is 4. The molecule has 0 fully saturated rings. The second kappa shape index (κ2) is 6.11. The Morgan fingerprint density at radius 2 is 2.23 bits per heavy atom. The highest BCUT2D eigenvalue weighted by Gasteiger charge is 2.11. The first-order valence-electron chi connectivity index (χ1n) is 6.88. The summed E-state index contributed by atoms with van der Waals surface area (Å²) in [6.07, 6.45) is 6.86. The van der Waals surface area contributed by atoms with Gasteiger partial charge in [0, 0.05) is 36.1 Å². The third kappa shape index (κ3) is 2.92. The Hall–Kier alpha value is -2.47. The van der Waals surface area contributed by atoms with Gasteiger partial charge in [-0.25, -0.2) is 9.97 Å². The van der Waals surface area contributed by atoms with Crippen LogP contribution in [0.15, 0.2) is 30.9 Å². The van der Waals surface area contributed by atoms with Gasteiger partial charge in [-0.2, -0.15) is 0 Å². The molecule has 112 valence electrons. The maximum Gasteiger partial charge on any atom is 0.226 e. The first-order chi connectivity index (χ1) is 10.7. The molecule has 0 spiro atoms. The van der Waals surface area contributed by atoms with Gasteiger partial charge in [0.1, 0.15) is 5.65 Å². The van der Waals surface area contributed by atoms with E-state index in [0.717, 1.165) is 16.6 Å². The van der Waals surface area contributed by atoms with Crippen molar-refractivity contribution in [2.75, 3.05) is 6.54 Å². The zero-order chi connectivity index (χ0) is 15.5. The normalized spacial score (nSPS) is 10.8. The molecule has 0 aliphatic heterocycles. The fourth-order valence-corrected chi connectivity index (χ4v) is 2.39. The summed E-state index contributed by atoms with van der Waals surface area (Å²) in [5.74, 6) is -0.0717. The summed E-state index contributed by atoms with van der Waals surface area (Å²) in [6.45, 7) is 2.47. The number of nitrogens with zero attached hydrogens (tertiary/aromatic N) is 3. The number of fused-ring (bicyclic) bond motifs is 1. The van der Waals surface area contributed by atoms with Gasteiger partial charge < -0.3 is 10.3 Å². The molecule has 0 atom stereocenters. The Kier molecular flexibility index (Phi) is 4.02. The number of pyridine rings is 1. The smallest absolute Gasteiger partial charge is 0.226 e. The average molecular weight is 316 g/mol. The molecule has 3 heterocycles. The molecule has 0 unspecified atom stereocenters. The van der Waals surface area contributed by atoms with Gasteiger partial charge in [0.15, 0.2) is 0 Å². The van der Waals surface area contributed by atoms with E-state index < -0.39 is 0 Å². The number of hydrogen-bond acceptors (Lipinski definition) is 4. The molecule has 0 saturated carbocycles. The molecule has 0 aromatic carbocycles. The summed E-state index contributed by atoms with van der Waals surface area (Å²) in [7, 11) is 0. The molecule has 1 amide bonds. The lowest BCUT2D eigenvalue weighted by molar-refractivity contribution is -0.120. The minimum atomic E-state index is -0.0717. The zero-order valence-electron chi connectivity index (χ0n) is 11.9. The maximum absolute atomic E-state index is 11.7. The summed E-state index contributed by atoms with van der Waals surface area (Å²) < 4.78 is 0. The van der Waals surface area contributed by atoms with E-state index in [4.69, 9.17) is 11.6 Å². The van der Waals surface area contributed by atoms with E-state index in [1.807, 2.05) is 19.2 Å². The van der Waals surface area contributed by atoms with Gasteiger partial charge in [0.25, 0.3) is 0 Å². The molecule has 0 aliphatic carbocycles. The molecule has 6 nitrogen and oxygen atoms in total. The van der Waals surface area contributed by atoms with Gasteiger partial charge in [0.05, 0.1) is 29.0 Å². The quantitative estimate of drug-likeness (QED) is 0.774. The van der Waals surface area contributed by atoms with Crippen molar-refractivity contribution in [2.45, 2.75) is 13.3 Å². The fraction of sp³-hybridized carbons (Fsp3) is 0.200. The molecule has 0 saturated heterocycles. The number of halogens is 1. The largest absolute Gasteiger partial charge is 0.356 e. The number of carbonyl (C=O) groups excluding carboxylic acids is 1. The standard InChI is InChI=1S/C15H14ClN5O/c1-2-18-14(22)4-10-6-17-8-13(21-10)12-7-20-15-11(12)3-9(16)5-19-15/h3,5-8H,2,4H2,1H3,(H,18,22)(H,19,20). The van der Waals surface area contributed by atoms with Crippen LogP contribution in [0, 0.1) is 0 Å². The summed E-state index contributed by atoms with van der Waals surface area (Å²) in [6, 6.07) is 1.83. The van der Waals surface area contributed by atoms with E-state index in [0.29, 0.717) is 23.0 Å². The van der Waals surface area contributed by atoms with Gasteiger partial charge in [-0.05, 0) is 13.0 Å². The van der Waals surface area contributed by atoms with Crippen molar-refractivity contribution in [1.82, 2.24) is 25.3 Å². The Balaban J connectivity index is 1.97. The number of nitrogens with one attached hydrogen (secondary N) is 2. The molecular formula is C15H14ClN5O. The van der Waals surface area contributed by atoms with Gasteiger partial charge in [0.2, 0.25) is 5.91 Å². The third-order valence-corrected chi connectivity index (χ3v) is 3.38. The number of rotatable bonds is 4. The average Bonchev–Trinajstić information content (AvgIpc) is 2.90. The highest BCUT2D eigenvalue weighted by Crippen LogP contribution is 2.27. The Morgan fingerprint density at radius 3 is 3.05 bits per heavy atom. The molecule has 7 heteroatoms. The molecule has 2 N–H and O–H groups in total. The Bertz CT molecular complexity index is 830. The van der Waals surface area contributed by atoms with E-state index in [1.165, 1.54) is 0 Å². The van der Waals surface area contributed by atoms with Crippen LogP contribution in [0.25, 0.3) is 22.3 Å². The molecule has 3 aromatic rings.